The van der Waals surface area contributed by atoms with Crippen LogP contribution in [0.4, 0.5) is 0 Å². The molecular weight excluding hydrogens is 445 g/mol. The molecule has 4 aromatic rings. The van der Waals surface area contributed by atoms with Gasteiger partial charge in [-0.2, -0.15) is 9.78 Å². The summed E-state index contributed by atoms with van der Waals surface area (Å²) in [5, 5.41) is 5.65. The van der Waals surface area contributed by atoms with Crippen molar-refractivity contribution in [1.82, 2.24) is 9.66 Å². The van der Waals surface area contributed by atoms with E-state index in [0.717, 1.165) is 5.56 Å². The third-order valence-corrected chi connectivity index (χ3v) is 5.10. The molecule has 0 aliphatic rings. The fraction of sp³-hybridized carbons (Fsp3) is 0.160. The van der Waals surface area contributed by atoms with Gasteiger partial charge in [0.1, 0.15) is 5.60 Å². The van der Waals surface area contributed by atoms with E-state index in [1.807, 2.05) is 63.2 Å². The molecule has 7 heteroatoms. The van der Waals surface area contributed by atoms with E-state index in [2.05, 4.69) is 10.1 Å². The smallest absolute Gasteiger partial charge is 0.282 e. The molecule has 0 saturated heterocycles. The first kappa shape index (κ1) is 22.1. The van der Waals surface area contributed by atoms with Gasteiger partial charge < -0.3 is 4.74 Å². The molecule has 0 bridgehead atoms. The first-order valence-corrected chi connectivity index (χ1v) is 10.8. The molecule has 32 heavy (non-hydrogen) atoms. The Morgan fingerprint density at radius 2 is 1.59 bits per heavy atom. The van der Waals surface area contributed by atoms with Gasteiger partial charge in [0.25, 0.3) is 5.56 Å². The van der Waals surface area contributed by atoms with Crippen molar-refractivity contribution in [2.24, 2.45) is 5.10 Å². The van der Waals surface area contributed by atoms with Crippen LogP contribution in [0.1, 0.15) is 26.3 Å². The van der Waals surface area contributed by atoms with Gasteiger partial charge in [0.05, 0.1) is 27.2 Å². The van der Waals surface area contributed by atoms with Crippen LogP contribution in [0.3, 0.4) is 0 Å². The maximum absolute atomic E-state index is 13.2. The van der Waals surface area contributed by atoms with Crippen LogP contribution in [0.25, 0.3) is 22.3 Å². The van der Waals surface area contributed by atoms with E-state index in [4.69, 9.17) is 27.9 Å². The predicted octanol–water partition coefficient (Wildman–Crippen LogP) is 6.43. The van der Waals surface area contributed by atoms with Gasteiger partial charge in [-0.15, -0.1) is 0 Å². The summed E-state index contributed by atoms with van der Waals surface area (Å²) < 4.78 is 7.14. The Morgan fingerprint density at radius 1 is 0.969 bits per heavy atom. The number of ether oxygens (including phenoxy) is 1. The van der Waals surface area contributed by atoms with E-state index < -0.39 is 5.60 Å². The average Bonchev–Trinajstić information content (AvgIpc) is 2.75. The summed E-state index contributed by atoms with van der Waals surface area (Å²) in [7, 11) is 0. The minimum absolute atomic E-state index is 0.268. The van der Waals surface area contributed by atoms with Crippen molar-refractivity contribution in [3.63, 3.8) is 0 Å². The molecule has 0 spiro atoms. The first-order chi connectivity index (χ1) is 15.2. The van der Waals surface area contributed by atoms with Crippen molar-refractivity contribution in [2.75, 3.05) is 0 Å². The van der Waals surface area contributed by atoms with Gasteiger partial charge in [-0.1, -0.05) is 65.7 Å². The number of hydrogen-bond acceptors (Lipinski definition) is 4. The van der Waals surface area contributed by atoms with E-state index in [-0.39, 0.29) is 5.56 Å². The fourth-order valence-corrected chi connectivity index (χ4v) is 3.77. The van der Waals surface area contributed by atoms with Gasteiger partial charge in [0.15, 0.2) is 11.6 Å². The molecule has 3 aromatic carbocycles. The van der Waals surface area contributed by atoms with E-state index in [1.54, 1.807) is 24.3 Å². The topological polar surface area (TPSA) is 56.5 Å². The fourth-order valence-electron chi connectivity index (χ4n) is 3.19. The first-order valence-electron chi connectivity index (χ1n) is 10.0. The minimum Gasteiger partial charge on any atom is -0.485 e. The van der Waals surface area contributed by atoms with Crippen molar-refractivity contribution >= 4 is 40.3 Å². The van der Waals surface area contributed by atoms with Crippen LogP contribution in [0.2, 0.25) is 10.0 Å². The molecule has 0 N–H and O–H groups in total. The largest absolute Gasteiger partial charge is 0.485 e. The molecule has 0 amide bonds. The number of aromatic nitrogens is 2. The SMILES string of the molecule is CC(C)(C)Oc1c(Cl)cc(C=Nn2c(-c3ccccc3)nc3ccccc3c2=O)cc1Cl. The Labute approximate surface area is 195 Å². The van der Waals surface area contributed by atoms with Crippen molar-refractivity contribution in [3.05, 3.63) is 92.7 Å². The highest BCUT2D eigenvalue weighted by Gasteiger charge is 2.18. The normalized spacial score (nSPS) is 11.9. The zero-order valence-electron chi connectivity index (χ0n) is 17.8. The zero-order chi connectivity index (χ0) is 22.9. The van der Waals surface area contributed by atoms with Gasteiger partial charge in [-0.05, 0) is 50.6 Å². The Kier molecular flexibility index (Phi) is 6.04. The second-order valence-electron chi connectivity index (χ2n) is 8.21. The van der Waals surface area contributed by atoms with Crippen molar-refractivity contribution in [2.45, 2.75) is 26.4 Å². The summed E-state index contributed by atoms with van der Waals surface area (Å²) in [5.74, 6) is 0.850. The highest BCUT2D eigenvalue weighted by Crippen LogP contribution is 2.36. The number of fused-ring (bicyclic) bond motifs is 1. The Bertz CT molecular complexity index is 1350. The lowest BCUT2D eigenvalue weighted by Crippen LogP contribution is -2.23. The van der Waals surface area contributed by atoms with Gasteiger partial charge >= 0.3 is 0 Å². The third-order valence-electron chi connectivity index (χ3n) is 4.54. The summed E-state index contributed by atoms with van der Waals surface area (Å²) in [6, 6.07) is 20.0. The molecule has 5 nitrogen and oxygen atoms in total. The Balaban J connectivity index is 1.82. The van der Waals surface area contributed by atoms with Crippen molar-refractivity contribution < 1.29 is 4.74 Å². The van der Waals surface area contributed by atoms with Gasteiger partial charge in [0.2, 0.25) is 0 Å². The summed E-state index contributed by atoms with van der Waals surface area (Å²) in [6.07, 6.45) is 1.53. The summed E-state index contributed by atoms with van der Waals surface area (Å²) in [4.78, 5) is 17.9. The maximum Gasteiger partial charge on any atom is 0.282 e. The monoisotopic (exact) mass is 465 g/mol. The Morgan fingerprint density at radius 3 is 2.25 bits per heavy atom. The average molecular weight is 466 g/mol. The van der Waals surface area contributed by atoms with Crippen LogP contribution in [0, 0.1) is 0 Å². The van der Waals surface area contributed by atoms with Gasteiger partial charge in [-0.25, -0.2) is 4.98 Å². The lowest BCUT2D eigenvalue weighted by molar-refractivity contribution is 0.131. The number of rotatable bonds is 4. The van der Waals surface area contributed by atoms with E-state index in [0.29, 0.717) is 38.1 Å². The quantitative estimate of drug-likeness (QED) is 0.326. The number of hydrogen-bond donors (Lipinski definition) is 0. The molecule has 0 saturated carbocycles. The van der Waals surface area contributed by atoms with E-state index in [1.165, 1.54) is 10.9 Å². The second-order valence-corrected chi connectivity index (χ2v) is 9.02. The van der Waals surface area contributed by atoms with E-state index in [9.17, 15) is 4.79 Å². The molecule has 0 aliphatic heterocycles. The van der Waals surface area contributed by atoms with Crippen LogP contribution in [0.5, 0.6) is 5.75 Å². The molecule has 162 valence electrons. The maximum atomic E-state index is 13.2. The molecule has 4 rings (SSSR count). The highest BCUT2D eigenvalue weighted by molar-refractivity contribution is 6.37. The highest BCUT2D eigenvalue weighted by atomic mass is 35.5. The number of benzene rings is 3. The molecule has 1 aromatic heterocycles. The summed E-state index contributed by atoms with van der Waals surface area (Å²) >= 11 is 12.8. The Hall–Kier alpha value is -3.15. The molecule has 0 fully saturated rings. The van der Waals surface area contributed by atoms with Crippen LogP contribution < -0.4 is 10.3 Å². The lowest BCUT2D eigenvalue weighted by Gasteiger charge is -2.23. The van der Waals surface area contributed by atoms with Crippen LogP contribution >= 0.6 is 23.2 Å². The van der Waals surface area contributed by atoms with Crippen LogP contribution in [-0.2, 0) is 0 Å². The van der Waals surface area contributed by atoms with Gasteiger partial charge in [0, 0.05) is 5.56 Å². The van der Waals surface area contributed by atoms with Crippen molar-refractivity contribution in [3.8, 4) is 17.1 Å². The summed E-state index contributed by atoms with van der Waals surface area (Å²) in [5.41, 5.74) is 1.29. The molecule has 0 unspecified atom stereocenters. The molecule has 0 aliphatic carbocycles. The van der Waals surface area contributed by atoms with Crippen LogP contribution in [0.15, 0.2) is 76.6 Å². The predicted molar refractivity (Wildman–Crippen MR) is 131 cm³/mol. The zero-order valence-corrected chi connectivity index (χ0v) is 19.4. The second kappa shape index (κ2) is 8.77. The molecule has 0 radical (unpaired) electrons. The number of para-hydroxylation sites is 1. The van der Waals surface area contributed by atoms with Gasteiger partial charge in [-0.3, -0.25) is 4.79 Å². The molecule has 1 heterocycles. The van der Waals surface area contributed by atoms with Crippen molar-refractivity contribution in [1.29, 1.82) is 0 Å². The summed E-state index contributed by atoms with van der Waals surface area (Å²) in [6.45, 7) is 5.75. The van der Waals surface area contributed by atoms with Crippen LogP contribution in [-0.4, -0.2) is 21.5 Å². The van der Waals surface area contributed by atoms with E-state index >= 15 is 0 Å². The molecule has 0 atom stereocenters. The molecular formula is C25H21Cl2N3O2. The number of halogens is 2. The third kappa shape index (κ3) is 4.69. The number of nitrogens with zero attached hydrogens (tertiary/aromatic N) is 3. The standard InChI is InChI=1S/C25H21Cl2N3O2/c1-25(2,3)32-22-19(26)13-16(14-20(22)27)15-28-30-23(17-9-5-4-6-10-17)29-21-12-8-7-11-18(21)24(30)31/h4-15H,1-3H3. The minimum atomic E-state index is -0.447. The lowest BCUT2D eigenvalue weighted by atomic mass is 10.1.